The quantitative estimate of drug-likeness (QED) is 0.103. The van der Waals surface area contributed by atoms with Gasteiger partial charge in [0, 0.05) is 99.4 Å². The van der Waals surface area contributed by atoms with Crippen LogP contribution in [0.3, 0.4) is 0 Å². The summed E-state index contributed by atoms with van der Waals surface area (Å²) < 4.78 is 18.7. The maximum Gasteiger partial charge on any atom is 0.143 e. The highest BCUT2D eigenvalue weighted by Gasteiger charge is 2.24. The predicted octanol–water partition coefficient (Wildman–Crippen LogP) is 32.6. The summed E-state index contributed by atoms with van der Waals surface area (Å²) in [5, 5.41) is 13.7. The zero-order chi connectivity index (χ0) is 80.3. The van der Waals surface area contributed by atoms with Crippen LogP contribution in [0, 0.1) is 0 Å². The summed E-state index contributed by atoms with van der Waals surface area (Å²) in [6.45, 7) is 0. The molecule has 0 amide bonds. The van der Waals surface area contributed by atoms with E-state index < -0.39 is 0 Å². The third-order valence-corrected chi connectivity index (χ3v) is 24.9. The monoisotopic (exact) mass is 1550 g/mol. The van der Waals surface area contributed by atoms with Gasteiger partial charge < -0.3 is 27.8 Å². The minimum atomic E-state index is 0.838. The molecule has 24 aromatic rings. The predicted molar refractivity (Wildman–Crippen MR) is 512 cm³/mol. The molecule has 4 aromatic heterocycles. The lowest BCUT2D eigenvalue weighted by molar-refractivity contribution is 0.672. The van der Waals surface area contributed by atoms with Crippen LogP contribution in [0.15, 0.2) is 458 Å². The molecule has 570 valence electrons. The second-order valence-corrected chi connectivity index (χ2v) is 31.8. The van der Waals surface area contributed by atoms with Gasteiger partial charge in [0.2, 0.25) is 0 Å². The molecule has 0 atom stereocenters. The molecule has 6 heteroatoms. The Kier molecular flexibility index (Phi) is 16.5. The van der Waals surface area contributed by atoms with E-state index in [0.29, 0.717) is 0 Å². The first-order valence-corrected chi connectivity index (χ1v) is 41.7. The molecule has 0 unspecified atom stereocenters. The molecule has 0 aliphatic rings. The van der Waals surface area contributed by atoms with E-state index in [1.165, 1.54) is 49.3 Å². The second-order valence-electron chi connectivity index (χ2n) is 31.8. The molecule has 122 heavy (non-hydrogen) atoms. The van der Waals surface area contributed by atoms with Crippen molar-refractivity contribution >= 4 is 143 Å². The van der Waals surface area contributed by atoms with Gasteiger partial charge in [0.1, 0.15) is 22.3 Å². The van der Waals surface area contributed by atoms with Crippen LogP contribution in [-0.2, 0) is 0 Å². The molecular weight excluding hydrogens is 1480 g/mol. The summed E-state index contributed by atoms with van der Waals surface area (Å²) in [5.41, 5.74) is 32.6. The molecular formula is C116H74N4O2. The number of nitrogens with zero attached hydrogens (tertiary/aromatic N) is 4. The van der Waals surface area contributed by atoms with Crippen molar-refractivity contribution < 1.29 is 8.83 Å². The Morgan fingerprint density at radius 3 is 1.05 bits per heavy atom. The van der Waals surface area contributed by atoms with Gasteiger partial charge in [-0.15, -0.1) is 0 Å². The number of hydrogen-bond acceptors (Lipinski definition) is 4. The molecule has 24 rings (SSSR count). The molecule has 6 nitrogen and oxygen atoms in total. The number of rotatable bonds is 15. The highest BCUT2D eigenvalue weighted by atomic mass is 16.3. The summed E-state index contributed by atoms with van der Waals surface area (Å²) >= 11 is 0. The number of benzene rings is 20. The third-order valence-electron chi connectivity index (χ3n) is 24.9. The van der Waals surface area contributed by atoms with Gasteiger partial charge in [-0.2, -0.15) is 0 Å². The smallest absolute Gasteiger partial charge is 0.143 e. The van der Waals surface area contributed by atoms with Crippen molar-refractivity contribution in [3.63, 3.8) is 0 Å². The van der Waals surface area contributed by atoms with Gasteiger partial charge in [0.25, 0.3) is 0 Å². The Bertz CT molecular complexity index is 8200. The Hall–Kier alpha value is -16.3. The van der Waals surface area contributed by atoms with Crippen LogP contribution in [0.5, 0.6) is 0 Å². The molecule has 0 bridgehead atoms. The lowest BCUT2D eigenvalue weighted by atomic mass is 9.95. The lowest BCUT2D eigenvalue weighted by Gasteiger charge is -2.26. The first-order chi connectivity index (χ1) is 60.5. The average molecular weight is 1560 g/mol. The van der Waals surface area contributed by atoms with Crippen molar-refractivity contribution in [1.29, 1.82) is 0 Å². The number of para-hydroxylation sites is 4. The van der Waals surface area contributed by atoms with Crippen molar-refractivity contribution in [2.75, 3.05) is 9.80 Å². The Balaban J connectivity index is 0.561. The number of aromatic nitrogens is 2. The minimum absolute atomic E-state index is 0.838. The molecule has 4 heterocycles. The van der Waals surface area contributed by atoms with Gasteiger partial charge in [0.15, 0.2) is 0 Å². The van der Waals surface area contributed by atoms with Gasteiger partial charge in [0.05, 0.1) is 22.1 Å². The van der Waals surface area contributed by atoms with Crippen LogP contribution >= 0.6 is 0 Å². The molecule has 0 spiro atoms. The maximum atomic E-state index is 7.18. The van der Waals surface area contributed by atoms with E-state index in [1.807, 2.05) is 0 Å². The topological polar surface area (TPSA) is 42.6 Å². The molecule has 0 saturated heterocycles. The second kappa shape index (κ2) is 28.8. The van der Waals surface area contributed by atoms with Crippen LogP contribution < -0.4 is 9.80 Å². The van der Waals surface area contributed by atoms with E-state index in [-0.39, 0.29) is 0 Å². The summed E-state index contributed by atoms with van der Waals surface area (Å²) in [5.74, 6) is 0. The SMILES string of the molecule is c1ccc(-c2cccc(-c3ccc(N(c4ccc(-c5cccc(-n6c7ccccc7c7ccccc76)c5)cc4)c4cccc(-c5cccc6oc7c8cc(-c9cccc%10c9c9ccccc9n%10-c9cccc(-c%10ccc(N(c%11ccccc%11)c%11cccc(-c%12cccc%13oc%14c%15ccccc%15ccc%14c%12%13)c%11)cc%10)c9)ccc8ccc7c56)c4)cc3)c2)cc1. The van der Waals surface area contributed by atoms with Crippen molar-refractivity contribution in [2.24, 2.45) is 0 Å². The Labute approximate surface area is 704 Å². The average Bonchev–Trinajstić information content (AvgIpc) is 1.58. The maximum absolute atomic E-state index is 7.18. The first kappa shape index (κ1) is 70.0. The number of furan rings is 2. The molecule has 0 N–H and O–H groups in total. The third kappa shape index (κ3) is 11.8. The van der Waals surface area contributed by atoms with Crippen molar-refractivity contribution in [3.8, 4) is 89.3 Å². The van der Waals surface area contributed by atoms with E-state index in [0.717, 1.165) is 183 Å². The first-order valence-electron chi connectivity index (χ1n) is 41.7. The van der Waals surface area contributed by atoms with E-state index in [4.69, 9.17) is 8.83 Å². The summed E-state index contributed by atoms with van der Waals surface area (Å²) in [7, 11) is 0. The molecule has 0 aliphatic heterocycles. The van der Waals surface area contributed by atoms with E-state index in [9.17, 15) is 0 Å². The van der Waals surface area contributed by atoms with E-state index >= 15 is 0 Å². The normalized spacial score (nSPS) is 11.8. The van der Waals surface area contributed by atoms with E-state index in [2.05, 4.69) is 468 Å². The molecule has 20 aromatic carbocycles. The van der Waals surface area contributed by atoms with Crippen LogP contribution in [0.1, 0.15) is 0 Å². The zero-order valence-electron chi connectivity index (χ0n) is 66.3. The van der Waals surface area contributed by atoms with Crippen LogP contribution in [0.25, 0.3) is 198 Å². The van der Waals surface area contributed by atoms with Gasteiger partial charge in [-0.05, 0) is 246 Å². The summed E-state index contributed by atoms with van der Waals surface area (Å²) in [6.07, 6.45) is 0. The van der Waals surface area contributed by atoms with Gasteiger partial charge in [-0.3, -0.25) is 0 Å². The molecule has 0 saturated carbocycles. The summed E-state index contributed by atoms with van der Waals surface area (Å²) in [4.78, 5) is 4.74. The fraction of sp³-hybridized carbons (Fsp3) is 0. The molecule has 0 radical (unpaired) electrons. The van der Waals surface area contributed by atoms with Gasteiger partial charge >= 0.3 is 0 Å². The van der Waals surface area contributed by atoms with Crippen molar-refractivity contribution in [2.45, 2.75) is 0 Å². The number of fused-ring (bicyclic) bond motifs is 16. The molecule has 0 fully saturated rings. The van der Waals surface area contributed by atoms with Crippen molar-refractivity contribution in [1.82, 2.24) is 9.13 Å². The van der Waals surface area contributed by atoms with Gasteiger partial charge in [-0.1, -0.05) is 291 Å². The van der Waals surface area contributed by atoms with Crippen LogP contribution in [-0.4, -0.2) is 9.13 Å². The lowest BCUT2D eigenvalue weighted by Crippen LogP contribution is -2.10. The standard InChI is InChI=1S/C116H74N4O2/c1-3-23-75(24-4-1)81-26-15-27-82(69-81)76-53-61-90(62-54-76)118(91-65-57-77(58-66-91)83-28-16-36-94(70-83)119-106-45-12-9-39-100(106)101-40-10-13-46-107(101)119)93-35-19-31-86(73-93)98-44-22-50-111-114(98)104-68-60-80-51-52-87(74-105(80)116(104)122-111)96-42-20-48-109-112(96)102-41-11-14-47-108(102)120(109)95-37-17-29-84(71-95)78-55-63-89(64-56-78)117(88-32-5-2-6-33-88)92-34-18-30-85(72-92)97-43-21-49-110-113(97)103-67-59-79-25-7-8-38-99(79)115(103)121-110/h1-74H. The van der Waals surface area contributed by atoms with Crippen molar-refractivity contribution in [3.05, 3.63) is 449 Å². The number of hydrogen-bond donors (Lipinski definition) is 0. The minimum Gasteiger partial charge on any atom is -0.455 e. The largest absolute Gasteiger partial charge is 0.455 e. The van der Waals surface area contributed by atoms with Crippen LogP contribution in [0.4, 0.5) is 34.1 Å². The Morgan fingerprint density at radius 1 is 0.172 bits per heavy atom. The summed E-state index contributed by atoms with van der Waals surface area (Å²) in [6, 6.07) is 163. The van der Waals surface area contributed by atoms with Crippen LogP contribution in [0.2, 0.25) is 0 Å². The Morgan fingerprint density at radius 2 is 0.508 bits per heavy atom. The highest BCUT2D eigenvalue weighted by Crippen LogP contribution is 2.49. The number of anilines is 6. The van der Waals surface area contributed by atoms with E-state index in [1.54, 1.807) is 0 Å². The zero-order valence-corrected chi connectivity index (χ0v) is 66.3. The fourth-order valence-electron chi connectivity index (χ4n) is 19.2. The fourth-order valence-corrected chi connectivity index (χ4v) is 19.2. The van der Waals surface area contributed by atoms with Gasteiger partial charge in [-0.25, -0.2) is 0 Å². The molecule has 0 aliphatic carbocycles. The highest BCUT2D eigenvalue weighted by molar-refractivity contribution is 6.22.